The van der Waals surface area contributed by atoms with Gasteiger partial charge < -0.3 is 5.11 Å². The van der Waals surface area contributed by atoms with Gasteiger partial charge in [0.05, 0.1) is 5.92 Å². The molecular formula is C24H38O2. The SMILES string of the molecule is CC/C=C/C/C=C/C/C=C/C/C=C/C/C=C/CCCCC(CC)C(=O)O. The van der Waals surface area contributed by atoms with Crippen molar-refractivity contribution in [2.45, 2.75) is 78.1 Å². The zero-order valence-electron chi connectivity index (χ0n) is 16.8. The van der Waals surface area contributed by atoms with Crippen LogP contribution in [0.15, 0.2) is 60.8 Å². The van der Waals surface area contributed by atoms with Gasteiger partial charge in [-0.05, 0) is 57.8 Å². The van der Waals surface area contributed by atoms with Crippen LogP contribution in [0.3, 0.4) is 0 Å². The topological polar surface area (TPSA) is 37.3 Å². The molecular weight excluding hydrogens is 320 g/mol. The molecule has 0 saturated heterocycles. The van der Waals surface area contributed by atoms with Crippen LogP contribution in [0.25, 0.3) is 0 Å². The van der Waals surface area contributed by atoms with E-state index in [0.717, 1.165) is 64.2 Å². The lowest BCUT2D eigenvalue weighted by Crippen LogP contribution is -2.12. The summed E-state index contributed by atoms with van der Waals surface area (Å²) in [5, 5.41) is 8.98. The number of carbonyl (C=O) groups is 1. The molecule has 0 rings (SSSR count). The summed E-state index contributed by atoms with van der Waals surface area (Å²) >= 11 is 0. The molecule has 0 bridgehead atoms. The van der Waals surface area contributed by atoms with Crippen LogP contribution in [0.2, 0.25) is 0 Å². The molecule has 0 radical (unpaired) electrons. The first kappa shape index (κ1) is 24.2. The first-order valence-corrected chi connectivity index (χ1v) is 10.2. The molecule has 0 aliphatic rings. The Morgan fingerprint density at radius 1 is 0.731 bits per heavy atom. The molecule has 1 atom stereocenters. The molecule has 26 heavy (non-hydrogen) atoms. The summed E-state index contributed by atoms with van der Waals surface area (Å²) in [5.41, 5.74) is 0. The molecule has 1 N–H and O–H groups in total. The molecule has 1 unspecified atom stereocenters. The van der Waals surface area contributed by atoms with Crippen molar-refractivity contribution < 1.29 is 9.90 Å². The fraction of sp³-hybridized carbons (Fsp3) is 0.542. The minimum absolute atomic E-state index is 0.164. The van der Waals surface area contributed by atoms with Gasteiger partial charge >= 0.3 is 5.97 Å². The van der Waals surface area contributed by atoms with E-state index in [1.807, 2.05) is 6.92 Å². The molecule has 2 nitrogen and oxygen atoms in total. The van der Waals surface area contributed by atoms with E-state index in [1.165, 1.54) is 0 Å². The third kappa shape index (κ3) is 17.0. The highest BCUT2D eigenvalue weighted by atomic mass is 16.4. The molecule has 0 aromatic heterocycles. The summed E-state index contributed by atoms with van der Waals surface area (Å²) in [5.74, 6) is -0.814. The van der Waals surface area contributed by atoms with Gasteiger partial charge in [-0.1, -0.05) is 81.0 Å². The second kappa shape index (κ2) is 19.5. The van der Waals surface area contributed by atoms with Crippen molar-refractivity contribution >= 4 is 5.97 Å². The summed E-state index contributed by atoms with van der Waals surface area (Å²) in [7, 11) is 0. The van der Waals surface area contributed by atoms with Gasteiger partial charge in [0.1, 0.15) is 0 Å². The minimum atomic E-state index is -0.651. The second-order valence-corrected chi connectivity index (χ2v) is 6.44. The second-order valence-electron chi connectivity index (χ2n) is 6.44. The first-order valence-electron chi connectivity index (χ1n) is 10.2. The lowest BCUT2D eigenvalue weighted by Gasteiger charge is -2.07. The Labute approximate surface area is 161 Å². The monoisotopic (exact) mass is 358 g/mol. The lowest BCUT2D eigenvalue weighted by molar-refractivity contribution is -0.142. The summed E-state index contributed by atoms with van der Waals surface area (Å²) < 4.78 is 0. The van der Waals surface area contributed by atoms with E-state index in [1.54, 1.807) is 0 Å². The third-order valence-corrected chi connectivity index (χ3v) is 4.17. The number of carboxylic acids is 1. The maximum atomic E-state index is 10.9. The number of aliphatic carboxylic acids is 1. The van der Waals surface area contributed by atoms with E-state index >= 15 is 0 Å². The molecule has 0 spiro atoms. The van der Waals surface area contributed by atoms with Gasteiger partial charge in [-0.15, -0.1) is 0 Å². The molecule has 0 aromatic carbocycles. The van der Waals surface area contributed by atoms with E-state index in [0.29, 0.717) is 0 Å². The van der Waals surface area contributed by atoms with Gasteiger partial charge in [-0.25, -0.2) is 0 Å². The van der Waals surface area contributed by atoms with Gasteiger partial charge in [0, 0.05) is 0 Å². The highest BCUT2D eigenvalue weighted by Gasteiger charge is 2.13. The van der Waals surface area contributed by atoms with Crippen LogP contribution in [0.4, 0.5) is 0 Å². The van der Waals surface area contributed by atoms with Gasteiger partial charge in [-0.3, -0.25) is 4.79 Å². The van der Waals surface area contributed by atoms with E-state index in [-0.39, 0.29) is 5.92 Å². The molecule has 0 saturated carbocycles. The zero-order chi connectivity index (χ0) is 19.3. The van der Waals surface area contributed by atoms with Gasteiger partial charge in [0.2, 0.25) is 0 Å². The number of carboxylic acid groups (broad SMARTS) is 1. The summed E-state index contributed by atoms with van der Waals surface area (Å²) in [4.78, 5) is 10.9. The van der Waals surface area contributed by atoms with Crippen LogP contribution < -0.4 is 0 Å². The zero-order valence-corrected chi connectivity index (χ0v) is 16.8. The van der Waals surface area contributed by atoms with Crippen molar-refractivity contribution in [1.82, 2.24) is 0 Å². The molecule has 0 aromatic rings. The number of unbranched alkanes of at least 4 members (excludes halogenated alkanes) is 2. The van der Waals surface area contributed by atoms with Crippen molar-refractivity contribution in [2.24, 2.45) is 5.92 Å². The van der Waals surface area contributed by atoms with Gasteiger partial charge in [0.25, 0.3) is 0 Å². The van der Waals surface area contributed by atoms with E-state index in [9.17, 15) is 4.79 Å². The fourth-order valence-electron chi connectivity index (χ4n) is 2.52. The van der Waals surface area contributed by atoms with Crippen LogP contribution in [0.1, 0.15) is 78.1 Å². The highest BCUT2D eigenvalue weighted by molar-refractivity contribution is 5.69. The average molecular weight is 359 g/mol. The molecule has 2 heteroatoms. The van der Waals surface area contributed by atoms with Crippen LogP contribution in [-0.2, 0) is 4.79 Å². The summed E-state index contributed by atoms with van der Waals surface area (Å²) in [6.07, 6.45) is 31.8. The van der Waals surface area contributed by atoms with Crippen molar-refractivity contribution in [3.8, 4) is 0 Å². The Kier molecular flexibility index (Phi) is 18.1. The Bertz CT molecular complexity index is 467. The van der Waals surface area contributed by atoms with Gasteiger partial charge in [0.15, 0.2) is 0 Å². The Hall–Kier alpha value is -1.83. The fourth-order valence-corrected chi connectivity index (χ4v) is 2.52. The normalized spacial score (nSPS) is 13.9. The minimum Gasteiger partial charge on any atom is -0.481 e. The predicted molar refractivity (Wildman–Crippen MR) is 114 cm³/mol. The summed E-state index contributed by atoms with van der Waals surface area (Å²) in [6, 6.07) is 0. The van der Waals surface area contributed by atoms with E-state index < -0.39 is 5.97 Å². The largest absolute Gasteiger partial charge is 0.481 e. The molecule has 0 aliphatic heterocycles. The molecule has 0 fully saturated rings. The number of rotatable bonds is 16. The van der Waals surface area contributed by atoms with Crippen molar-refractivity contribution in [1.29, 1.82) is 0 Å². The van der Waals surface area contributed by atoms with Crippen molar-refractivity contribution in [3.05, 3.63) is 60.8 Å². The highest BCUT2D eigenvalue weighted by Crippen LogP contribution is 2.13. The molecule has 146 valence electrons. The van der Waals surface area contributed by atoms with E-state index in [2.05, 4.69) is 67.7 Å². The number of allylic oxidation sites excluding steroid dienone is 10. The predicted octanol–water partition coefficient (Wildman–Crippen LogP) is 7.41. The molecule has 0 aliphatic carbocycles. The van der Waals surface area contributed by atoms with Crippen molar-refractivity contribution in [3.63, 3.8) is 0 Å². The molecule has 0 amide bonds. The first-order chi connectivity index (χ1) is 12.7. The van der Waals surface area contributed by atoms with Crippen LogP contribution >= 0.6 is 0 Å². The Morgan fingerprint density at radius 3 is 1.62 bits per heavy atom. The van der Waals surface area contributed by atoms with Crippen LogP contribution in [-0.4, -0.2) is 11.1 Å². The standard InChI is InChI=1S/C24H38O2/c1-3-5-6-7-8-9-10-11-12-13-14-15-16-17-18-19-20-21-22-23(4-2)24(25)26/h5-6,8-9,11-12,14-15,17-18,23H,3-4,7,10,13,16,19-22H2,1-2H3,(H,25,26)/b6-5+,9-8+,12-11+,15-14+,18-17+. The smallest absolute Gasteiger partial charge is 0.306 e. The number of hydrogen-bond acceptors (Lipinski definition) is 1. The summed E-state index contributed by atoms with van der Waals surface area (Å²) in [6.45, 7) is 4.10. The van der Waals surface area contributed by atoms with Gasteiger partial charge in [-0.2, -0.15) is 0 Å². The average Bonchev–Trinajstić information content (AvgIpc) is 2.63. The lowest BCUT2D eigenvalue weighted by atomic mass is 9.99. The van der Waals surface area contributed by atoms with E-state index in [4.69, 9.17) is 5.11 Å². The number of hydrogen-bond donors (Lipinski definition) is 1. The van der Waals surface area contributed by atoms with Crippen LogP contribution in [0, 0.1) is 5.92 Å². The third-order valence-electron chi connectivity index (χ3n) is 4.17. The Balaban J connectivity index is 3.54. The maximum absolute atomic E-state index is 10.9. The Morgan fingerprint density at radius 2 is 1.19 bits per heavy atom. The molecule has 0 heterocycles. The van der Waals surface area contributed by atoms with Crippen LogP contribution in [0.5, 0.6) is 0 Å². The van der Waals surface area contributed by atoms with Crippen molar-refractivity contribution in [2.75, 3.05) is 0 Å². The quantitative estimate of drug-likeness (QED) is 0.230. The maximum Gasteiger partial charge on any atom is 0.306 e.